The molecule has 1 amide bonds. The Morgan fingerprint density at radius 3 is 3.06 bits per heavy atom. The number of anilines is 1. The van der Waals surface area contributed by atoms with Gasteiger partial charge in [0.1, 0.15) is 6.29 Å². The molecule has 16 heavy (non-hydrogen) atoms. The predicted octanol–water partition coefficient (Wildman–Crippen LogP) is 1.47. The number of hydrogen-bond donors (Lipinski definition) is 1. The Bertz CT molecular complexity index is 397. The van der Waals surface area contributed by atoms with Gasteiger partial charge in [-0.1, -0.05) is 12.1 Å². The van der Waals surface area contributed by atoms with Crippen molar-refractivity contribution in [3.8, 4) is 0 Å². The molecule has 1 fully saturated rings. The molecule has 0 bridgehead atoms. The highest BCUT2D eigenvalue weighted by Crippen LogP contribution is 2.16. The van der Waals surface area contributed by atoms with Gasteiger partial charge in [0.05, 0.1) is 12.5 Å². The van der Waals surface area contributed by atoms with E-state index in [1.807, 2.05) is 0 Å². The molecule has 4 nitrogen and oxygen atoms in total. The normalized spacial score (nSPS) is 19.4. The maximum absolute atomic E-state index is 11.7. The first-order chi connectivity index (χ1) is 7.79. The zero-order valence-electron chi connectivity index (χ0n) is 8.81. The average Bonchev–Trinajstić information content (AvgIpc) is 2.83. The molecule has 1 heterocycles. The summed E-state index contributed by atoms with van der Waals surface area (Å²) in [5.41, 5.74) is 1.21. The fourth-order valence-corrected chi connectivity index (χ4v) is 1.68. The van der Waals surface area contributed by atoms with Crippen LogP contribution in [-0.2, 0) is 9.53 Å². The van der Waals surface area contributed by atoms with Crippen LogP contribution in [0.3, 0.4) is 0 Å². The monoisotopic (exact) mass is 219 g/mol. The van der Waals surface area contributed by atoms with Crippen LogP contribution in [0.1, 0.15) is 16.8 Å². The highest BCUT2D eigenvalue weighted by atomic mass is 16.5. The van der Waals surface area contributed by atoms with Gasteiger partial charge in [0.25, 0.3) is 0 Å². The maximum atomic E-state index is 11.7. The molecular weight excluding hydrogens is 206 g/mol. The van der Waals surface area contributed by atoms with Crippen molar-refractivity contribution in [2.45, 2.75) is 6.42 Å². The van der Waals surface area contributed by atoms with Crippen LogP contribution in [-0.4, -0.2) is 25.4 Å². The summed E-state index contributed by atoms with van der Waals surface area (Å²) in [5, 5.41) is 2.78. The average molecular weight is 219 g/mol. The third-order valence-corrected chi connectivity index (χ3v) is 2.59. The van der Waals surface area contributed by atoms with Gasteiger partial charge in [-0.3, -0.25) is 9.59 Å². The SMILES string of the molecule is O=Cc1cccc(NC(=O)C2CCOC2)c1. The quantitative estimate of drug-likeness (QED) is 0.783. The minimum Gasteiger partial charge on any atom is -0.381 e. The van der Waals surface area contributed by atoms with Crippen molar-refractivity contribution in [2.75, 3.05) is 18.5 Å². The first-order valence-electron chi connectivity index (χ1n) is 5.23. The second-order valence-corrected chi connectivity index (χ2v) is 3.79. The fraction of sp³-hybridized carbons (Fsp3) is 0.333. The zero-order chi connectivity index (χ0) is 11.4. The highest BCUT2D eigenvalue weighted by Gasteiger charge is 2.23. The van der Waals surface area contributed by atoms with E-state index < -0.39 is 0 Å². The molecule has 1 N–H and O–H groups in total. The van der Waals surface area contributed by atoms with Gasteiger partial charge in [0.15, 0.2) is 0 Å². The number of benzene rings is 1. The molecule has 1 saturated heterocycles. The third kappa shape index (κ3) is 2.46. The van der Waals surface area contributed by atoms with Gasteiger partial charge < -0.3 is 10.1 Å². The molecule has 84 valence electrons. The summed E-state index contributed by atoms with van der Waals surface area (Å²) in [5.74, 6) is -0.111. The molecule has 1 aromatic carbocycles. The summed E-state index contributed by atoms with van der Waals surface area (Å²) in [7, 11) is 0. The molecule has 0 aliphatic carbocycles. The van der Waals surface area contributed by atoms with E-state index in [-0.39, 0.29) is 11.8 Å². The summed E-state index contributed by atoms with van der Waals surface area (Å²) in [4.78, 5) is 22.3. The number of carbonyl (C=O) groups excluding carboxylic acids is 2. The van der Waals surface area contributed by atoms with Gasteiger partial charge in [-0.05, 0) is 18.6 Å². The Morgan fingerprint density at radius 1 is 1.50 bits per heavy atom. The Kier molecular flexibility index (Phi) is 3.31. The minimum atomic E-state index is -0.0695. The van der Waals surface area contributed by atoms with E-state index in [1.54, 1.807) is 24.3 Å². The van der Waals surface area contributed by atoms with Crippen molar-refractivity contribution in [3.05, 3.63) is 29.8 Å². The van der Waals surface area contributed by atoms with Crippen molar-refractivity contribution >= 4 is 17.9 Å². The molecule has 2 rings (SSSR count). The topological polar surface area (TPSA) is 55.4 Å². The van der Waals surface area contributed by atoms with Crippen LogP contribution in [0.4, 0.5) is 5.69 Å². The van der Waals surface area contributed by atoms with Gasteiger partial charge in [0, 0.05) is 17.9 Å². The second kappa shape index (κ2) is 4.90. The van der Waals surface area contributed by atoms with Crippen molar-refractivity contribution in [2.24, 2.45) is 5.92 Å². The molecule has 0 radical (unpaired) electrons. The molecule has 1 atom stereocenters. The van der Waals surface area contributed by atoms with Crippen molar-refractivity contribution < 1.29 is 14.3 Å². The van der Waals surface area contributed by atoms with E-state index in [0.29, 0.717) is 24.5 Å². The Labute approximate surface area is 93.6 Å². The van der Waals surface area contributed by atoms with Crippen LogP contribution >= 0.6 is 0 Å². The van der Waals surface area contributed by atoms with Crippen molar-refractivity contribution in [1.29, 1.82) is 0 Å². The first kappa shape index (κ1) is 10.8. The van der Waals surface area contributed by atoms with Crippen LogP contribution in [0.5, 0.6) is 0 Å². The molecule has 0 saturated carbocycles. The van der Waals surface area contributed by atoms with Crippen LogP contribution in [0.25, 0.3) is 0 Å². The van der Waals surface area contributed by atoms with Gasteiger partial charge in [-0.2, -0.15) is 0 Å². The van der Waals surface area contributed by atoms with E-state index in [4.69, 9.17) is 4.74 Å². The maximum Gasteiger partial charge on any atom is 0.229 e. The van der Waals surface area contributed by atoms with Gasteiger partial charge in [-0.15, -0.1) is 0 Å². The number of nitrogens with one attached hydrogen (secondary N) is 1. The van der Waals surface area contributed by atoms with Crippen molar-refractivity contribution in [1.82, 2.24) is 0 Å². The molecule has 0 spiro atoms. The fourth-order valence-electron chi connectivity index (χ4n) is 1.68. The van der Waals surface area contributed by atoms with Gasteiger partial charge >= 0.3 is 0 Å². The van der Waals surface area contributed by atoms with Crippen LogP contribution in [0.2, 0.25) is 0 Å². The summed E-state index contributed by atoms with van der Waals surface area (Å²) in [6, 6.07) is 6.85. The van der Waals surface area contributed by atoms with E-state index in [0.717, 1.165) is 12.7 Å². The molecule has 1 aliphatic heterocycles. The molecular formula is C12H13NO3. The van der Waals surface area contributed by atoms with Crippen LogP contribution in [0.15, 0.2) is 24.3 Å². The number of aldehydes is 1. The van der Waals surface area contributed by atoms with E-state index in [1.165, 1.54) is 0 Å². The van der Waals surface area contributed by atoms with E-state index in [9.17, 15) is 9.59 Å². The Hall–Kier alpha value is -1.68. The van der Waals surface area contributed by atoms with Gasteiger partial charge in [-0.25, -0.2) is 0 Å². The number of amides is 1. The van der Waals surface area contributed by atoms with E-state index in [2.05, 4.69) is 5.32 Å². The molecule has 1 aliphatic rings. The number of ether oxygens (including phenoxy) is 1. The highest BCUT2D eigenvalue weighted by molar-refractivity contribution is 5.93. The Balaban J connectivity index is 2.02. The molecule has 0 aromatic heterocycles. The van der Waals surface area contributed by atoms with Crippen LogP contribution in [0, 0.1) is 5.92 Å². The molecule has 1 aromatic rings. The summed E-state index contributed by atoms with van der Waals surface area (Å²) in [6.45, 7) is 1.13. The minimum absolute atomic E-state index is 0.0412. The van der Waals surface area contributed by atoms with E-state index >= 15 is 0 Å². The molecule has 1 unspecified atom stereocenters. The standard InChI is InChI=1S/C12H13NO3/c14-7-9-2-1-3-11(6-9)13-12(15)10-4-5-16-8-10/h1-3,6-7,10H,4-5,8H2,(H,13,15). The van der Waals surface area contributed by atoms with Gasteiger partial charge in [0.2, 0.25) is 5.91 Å². The molecule has 4 heteroatoms. The Morgan fingerprint density at radius 2 is 2.38 bits per heavy atom. The predicted molar refractivity (Wildman–Crippen MR) is 59.4 cm³/mol. The van der Waals surface area contributed by atoms with Crippen LogP contribution < -0.4 is 5.32 Å². The summed E-state index contributed by atoms with van der Waals surface area (Å²) in [6.07, 6.45) is 1.52. The number of carbonyl (C=O) groups is 2. The lowest BCUT2D eigenvalue weighted by atomic mass is 10.1. The zero-order valence-corrected chi connectivity index (χ0v) is 8.81. The first-order valence-corrected chi connectivity index (χ1v) is 5.23. The summed E-state index contributed by atoms with van der Waals surface area (Å²) >= 11 is 0. The number of rotatable bonds is 3. The largest absolute Gasteiger partial charge is 0.381 e. The second-order valence-electron chi connectivity index (χ2n) is 3.79. The van der Waals surface area contributed by atoms with Crippen molar-refractivity contribution in [3.63, 3.8) is 0 Å². The smallest absolute Gasteiger partial charge is 0.229 e. The lowest BCUT2D eigenvalue weighted by Gasteiger charge is -2.09. The lowest BCUT2D eigenvalue weighted by molar-refractivity contribution is -0.119. The lowest BCUT2D eigenvalue weighted by Crippen LogP contribution is -2.22. The third-order valence-electron chi connectivity index (χ3n) is 2.59. The summed E-state index contributed by atoms with van der Waals surface area (Å²) < 4.78 is 5.14. The number of hydrogen-bond acceptors (Lipinski definition) is 3.